The number of carbonyl (C=O) groups is 2. The molecular formula is C20H18N2O5. The van der Waals surface area contributed by atoms with Gasteiger partial charge in [0.05, 0.1) is 17.3 Å². The lowest BCUT2D eigenvalue weighted by atomic mass is 9.61. The van der Waals surface area contributed by atoms with E-state index in [9.17, 15) is 9.59 Å². The molecule has 6 atom stereocenters. The first-order chi connectivity index (χ1) is 13.1. The van der Waals surface area contributed by atoms with E-state index in [1.807, 2.05) is 11.0 Å². The lowest BCUT2D eigenvalue weighted by Gasteiger charge is -2.59. The minimum atomic E-state index is -0.322. The molecular weight excluding hydrogens is 348 g/mol. The van der Waals surface area contributed by atoms with Gasteiger partial charge in [-0.1, -0.05) is 0 Å². The number of benzene rings is 1. The van der Waals surface area contributed by atoms with Gasteiger partial charge in [0.2, 0.25) is 12.7 Å². The van der Waals surface area contributed by atoms with E-state index < -0.39 is 0 Å². The molecule has 0 radical (unpaired) electrons. The van der Waals surface area contributed by atoms with Crippen molar-refractivity contribution in [3.8, 4) is 11.5 Å². The number of hydrogen-bond donors (Lipinski definition) is 0. The number of amides is 2. The van der Waals surface area contributed by atoms with Gasteiger partial charge in [0, 0.05) is 30.4 Å². The molecule has 7 nitrogen and oxygen atoms in total. The zero-order valence-corrected chi connectivity index (χ0v) is 14.6. The van der Waals surface area contributed by atoms with Gasteiger partial charge in [-0.05, 0) is 30.9 Å². The molecule has 2 bridgehead atoms. The van der Waals surface area contributed by atoms with E-state index in [4.69, 9.17) is 14.2 Å². The van der Waals surface area contributed by atoms with Crippen LogP contribution in [0.2, 0.25) is 0 Å². The van der Waals surface area contributed by atoms with Crippen molar-refractivity contribution in [2.75, 3.05) is 18.2 Å². The second-order valence-electron chi connectivity index (χ2n) is 9.15. The largest absolute Gasteiger partial charge is 0.454 e. The maximum Gasteiger partial charge on any atom is 0.254 e. The van der Waals surface area contributed by atoms with E-state index in [0.29, 0.717) is 12.2 Å². The summed E-state index contributed by atoms with van der Waals surface area (Å²) in [4.78, 5) is 30.5. The Kier molecular flexibility index (Phi) is 1.95. The quantitative estimate of drug-likeness (QED) is 0.644. The topological polar surface area (TPSA) is 71.6 Å². The summed E-state index contributed by atoms with van der Waals surface area (Å²) in [5, 5.41) is 0. The predicted octanol–water partition coefficient (Wildman–Crippen LogP) is 1.15. The van der Waals surface area contributed by atoms with Crippen LogP contribution in [0.3, 0.4) is 0 Å². The fraction of sp³-hybridized carbons (Fsp3) is 0.600. The van der Waals surface area contributed by atoms with Crippen LogP contribution in [0.25, 0.3) is 0 Å². The van der Waals surface area contributed by atoms with Gasteiger partial charge in [-0.3, -0.25) is 9.59 Å². The Hall–Kier alpha value is -2.28. The normalized spacial score (nSPS) is 46.4. The van der Waals surface area contributed by atoms with Crippen LogP contribution in [-0.4, -0.2) is 53.8 Å². The number of epoxide rings is 1. The summed E-state index contributed by atoms with van der Waals surface area (Å²) in [6.45, 7) is 0.983. The minimum Gasteiger partial charge on any atom is -0.454 e. The van der Waals surface area contributed by atoms with E-state index in [0.717, 1.165) is 37.2 Å². The van der Waals surface area contributed by atoms with Crippen LogP contribution in [-0.2, 0) is 14.3 Å². The van der Waals surface area contributed by atoms with Gasteiger partial charge in [0.1, 0.15) is 6.10 Å². The molecule has 2 amide bonds. The first-order valence-electron chi connectivity index (χ1n) is 9.88. The lowest BCUT2D eigenvalue weighted by Crippen LogP contribution is -2.75. The van der Waals surface area contributed by atoms with Gasteiger partial charge in [-0.15, -0.1) is 0 Å². The number of piperidine rings is 3. The third-order valence-corrected chi connectivity index (χ3v) is 8.45. The highest BCUT2D eigenvalue weighted by Gasteiger charge is 2.81. The summed E-state index contributed by atoms with van der Waals surface area (Å²) < 4.78 is 17.1. The summed E-state index contributed by atoms with van der Waals surface area (Å²) in [5.41, 5.74) is 1.65. The molecule has 1 aromatic carbocycles. The predicted molar refractivity (Wildman–Crippen MR) is 90.6 cm³/mol. The Morgan fingerprint density at radius 2 is 1.96 bits per heavy atom. The maximum absolute atomic E-state index is 13.5. The average molecular weight is 366 g/mol. The molecule has 0 N–H and O–H groups in total. The van der Waals surface area contributed by atoms with Gasteiger partial charge in [-0.2, -0.15) is 0 Å². The van der Waals surface area contributed by atoms with Crippen LogP contribution in [0.4, 0.5) is 5.69 Å². The smallest absolute Gasteiger partial charge is 0.254 e. The summed E-state index contributed by atoms with van der Waals surface area (Å²) in [5.74, 6) is 2.05. The minimum absolute atomic E-state index is 0.0594. The Bertz CT molecular complexity index is 993. The molecule has 6 aliphatic heterocycles. The molecule has 8 rings (SSSR count). The van der Waals surface area contributed by atoms with Gasteiger partial charge in [-0.25, -0.2) is 0 Å². The van der Waals surface area contributed by atoms with E-state index >= 15 is 0 Å². The fourth-order valence-electron chi connectivity index (χ4n) is 7.70. The van der Waals surface area contributed by atoms with Crippen molar-refractivity contribution in [2.24, 2.45) is 5.41 Å². The average Bonchev–Trinajstić information content (AvgIpc) is 3.17. The standard InChI is InChI=1S/C20H18N2O5/c23-14-7-19-2-3-20-10(1-4-21(18(19)20)17(24)15-16(19)27-15)9-5-12-13(26-8-25-12)6-11(9)22(14)20/h5-6,10,15-16,18H,1-4,7-8H2. The van der Waals surface area contributed by atoms with Crippen molar-refractivity contribution in [3.05, 3.63) is 17.7 Å². The second-order valence-corrected chi connectivity index (χ2v) is 9.15. The number of hydrogen-bond acceptors (Lipinski definition) is 5. The molecule has 1 spiro atoms. The molecule has 4 saturated heterocycles. The summed E-state index contributed by atoms with van der Waals surface area (Å²) in [6, 6.07) is 4.14. The van der Waals surface area contributed by atoms with Crippen molar-refractivity contribution in [1.29, 1.82) is 0 Å². The SMILES string of the molecule is O=C1C2OC2C23CCC45C(CCN1C24)c1cc2c(cc1N5C(=O)C3)OCO2. The van der Waals surface area contributed by atoms with Crippen molar-refractivity contribution < 1.29 is 23.8 Å². The summed E-state index contributed by atoms with van der Waals surface area (Å²) >= 11 is 0. The molecule has 7 aliphatic rings. The molecule has 138 valence electrons. The highest BCUT2D eigenvalue weighted by Crippen LogP contribution is 2.72. The van der Waals surface area contributed by atoms with Crippen molar-refractivity contribution in [3.63, 3.8) is 0 Å². The number of ether oxygens (including phenoxy) is 3. The van der Waals surface area contributed by atoms with Gasteiger partial charge in [0.15, 0.2) is 17.6 Å². The first-order valence-corrected chi connectivity index (χ1v) is 9.88. The molecule has 1 saturated carbocycles. The van der Waals surface area contributed by atoms with Crippen LogP contribution in [0.1, 0.15) is 37.2 Å². The van der Waals surface area contributed by atoms with Crippen LogP contribution in [0.15, 0.2) is 12.1 Å². The Morgan fingerprint density at radius 1 is 1.11 bits per heavy atom. The Balaban J connectivity index is 1.41. The van der Waals surface area contributed by atoms with Gasteiger partial charge < -0.3 is 24.0 Å². The molecule has 6 unspecified atom stereocenters. The van der Waals surface area contributed by atoms with Crippen LogP contribution < -0.4 is 14.4 Å². The highest BCUT2D eigenvalue weighted by molar-refractivity contribution is 6.02. The van der Waals surface area contributed by atoms with Crippen molar-refractivity contribution in [1.82, 2.24) is 4.90 Å². The fourth-order valence-corrected chi connectivity index (χ4v) is 7.70. The van der Waals surface area contributed by atoms with E-state index in [2.05, 4.69) is 11.0 Å². The zero-order valence-electron chi connectivity index (χ0n) is 14.6. The highest BCUT2D eigenvalue weighted by atomic mass is 16.7. The molecule has 7 heteroatoms. The monoisotopic (exact) mass is 366 g/mol. The third kappa shape index (κ3) is 1.20. The van der Waals surface area contributed by atoms with Crippen LogP contribution in [0, 0.1) is 5.41 Å². The van der Waals surface area contributed by atoms with Crippen molar-refractivity contribution in [2.45, 2.75) is 55.4 Å². The zero-order chi connectivity index (χ0) is 17.7. The third-order valence-electron chi connectivity index (χ3n) is 8.45. The van der Waals surface area contributed by atoms with E-state index in [1.54, 1.807) is 0 Å². The first kappa shape index (κ1) is 13.8. The molecule has 27 heavy (non-hydrogen) atoms. The molecule has 0 aromatic heterocycles. The molecule has 1 aliphatic carbocycles. The number of fused-ring (bicyclic) bond motifs is 5. The Morgan fingerprint density at radius 3 is 2.85 bits per heavy atom. The van der Waals surface area contributed by atoms with Gasteiger partial charge in [0.25, 0.3) is 5.91 Å². The van der Waals surface area contributed by atoms with Crippen LogP contribution >= 0.6 is 0 Å². The van der Waals surface area contributed by atoms with Gasteiger partial charge >= 0.3 is 0 Å². The molecule has 1 aromatic rings. The van der Waals surface area contributed by atoms with Crippen LogP contribution in [0.5, 0.6) is 11.5 Å². The van der Waals surface area contributed by atoms with Crippen molar-refractivity contribution >= 4 is 17.5 Å². The molecule has 5 fully saturated rings. The van der Waals surface area contributed by atoms with E-state index in [1.165, 1.54) is 5.56 Å². The second kappa shape index (κ2) is 3.81. The summed E-state index contributed by atoms with van der Waals surface area (Å²) in [6.07, 6.45) is 2.89. The number of anilines is 1. The number of rotatable bonds is 0. The van der Waals surface area contributed by atoms with E-state index in [-0.39, 0.29) is 53.7 Å². The Labute approximate surface area is 155 Å². The number of carbonyl (C=O) groups excluding carboxylic acids is 2. The maximum atomic E-state index is 13.5. The number of nitrogens with zero attached hydrogens (tertiary/aromatic N) is 2. The molecule has 6 heterocycles. The summed E-state index contributed by atoms with van der Waals surface area (Å²) in [7, 11) is 0. The lowest BCUT2D eigenvalue weighted by molar-refractivity contribution is -0.151.